The highest BCUT2D eigenvalue weighted by molar-refractivity contribution is 6.33. The van der Waals surface area contributed by atoms with E-state index in [0.29, 0.717) is 17.4 Å². The number of carbonyl (C=O) groups is 1. The van der Waals surface area contributed by atoms with Crippen LogP contribution < -0.4 is 10.6 Å². The lowest BCUT2D eigenvalue weighted by molar-refractivity contribution is -0.122. The lowest BCUT2D eigenvalue weighted by Crippen LogP contribution is -2.35. The van der Waals surface area contributed by atoms with Crippen LogP contribution in [0.4, 0.5) is 5.82 Å². The molecule has 0 spiro atoms. The summed E-state index contributed by atoms with van der Waals surface area (Å²) in [5.74, 6) is 1.65. The van der Waals surface area contributed by atoms with Crippen LogP contribution in [0.3, 0.4) is 0 Å². The van der Waals surface area contributed by atoms with Gasteiger partial charge in [-0.25, -0.2) is 4.98 Å². The fourth-order valence-electron chi connectivity index (χ4n) is 4.12. The van der Waals surface area contributed by atoms with Gasteiger partial charge in [-0.3, -0.25) is 9.78 Å². The van der Waals surface area contributed by atoms with Gasteiger partial charge in [0, 0.05) is 49.5 Å². The molecule has 7 heteroatoms. The Hall–Kier alpha value is -2.02. The van der Waals surface area contributed by atoms with Gasteiger partial charge >= 0.3 is 0 Å². The Morgan fingerprint density at radius 2 is 2.23 bits per heavy atom. The maximum atomic E-state index is 12.6. The number of ether oxygens (including phenoxy) is 1. The summed E-state index contributed by atoms with van der Waals surface area (Å²) in [5, 5.41) is 7.26. The van der Waals surface area contributed by atoms with Crippen molar-refractivity contribution in [3.63, 3.8) is 0 Å². The Morgan fingerprint density at radius 1 is 1.30 bits per heavy atom. The first-order valence-corrected chi connectivity index (χ1v) is 11.2. The molecule has 2 aliphatic rings. The summed E-state index contributed by atoms with van der Waals surface area (Å²) in [6.45, 7) is 4.27. The van der Waals surface area contributed by atoms with Crippen LogP contribution in [0.5, 0.6) is 0 Å². The van der Waals surface area contributed by atoms with E-state index >= 15 is 0 Å². The van der Waals surface area contributed by atoms with Gasteiger partial charge in [0.05, 0.1) is 17.3 Å². The molecule has 2 N–H and O–H groups in total. The number of Topliss-reactive ketones (excluding diaryl/α,β-unsaturated/α-hetero) is 1. The number of nitrogens with zero attached hydrogens (tertiary/aromatic N) is 2. The number of halogens is 1. The van der Waals surface area contributed by atoms with Crippen molar-refractivity contribution in [2.24, 2.45) is 11.8 Å². The summed E-state index contributed by atoms with van der Waals surface area (Å²) in [6.07, 6.45) is 6.25. The molecule has 2 aromatic heterocycles. The Morgan fingerprint density at radius 3 is 3.03 bits per heavy atom. The summed E-state index contributed by atoms with van der Waals surface area (Å²) in [5.41, 5.74) is 2.32. The maximum absolute atomic E-state index is 12.6. The van der Waals surface area contributed by atoms with E-state index in [1.165, 1.54) is 6.42 Å². The first kappa shape index (κ1) is 21.2. The lowest BCUT2D eigenvalue weighted by Gasteiger charge is -2.22. The highest BCUT2D eigenvalue weighted by Gasteiger charge is 2.22. The number of aromatic nitrogens is 2. The van der Waals surface area contributed by atoms with Crippen molar-refractivity contribution in [1.82, 2.24) is 15.3 Å². The average Bonchev–Trinajstić information content (AvgIpc) is 2.80. The Kier molecular flexibility index (Phi) is 7.31. The molecule has 4 heterocycles. The number of anilines is 1. The summed E-state index contributed by atoms with van der Waals surface area (Å²) in [7, 11) is 0. The van der Waals surface area contributed by atoms with Crippen LogP contribution in [-0.4, -0.2) is 48.6 Å². The SMILES string of the molecule is O=C(Cc1cc(-c2cccc(NCC3CCCOC3)n2)c(Cl)cn1)[C@H]1CCCNC1. The van der Waals surface area contributed by atoms with Crippen molar-refractivity contribution in [3.05, 3.63) is 41.2 Å². The van der Waals surface area contributed by atoms with E-state index in [0.717, 1.165) is 74.9 Å². The predicted octanol–water partition coefficient (Wildman–Crippen LogP) is 3.75. The van der Waals surface area contributed by atoms with Gasteiger partial charge in [-0.05, 0) is 56.3 Å². The zero-order valence-electron chi connectivity index (χ0n) is 17.2. The number of pyridine rings is 2. The van der Waals surface area contributed by atoms with Crippen molar-refractivity contribution in [1.29, 1.82) is 0 Å². The van der Waals surface area contributed by atoms with Crippen LogP contribution >= 0.6 is 11.6 Å². The van der Waals surface area contributed by atoms with Gasteiger partial charge in [0.15, 0.2) is 0 Å². The summed E-state index contributed by atoms with van der Waals surface area (Å²) in [6, 6.07) is 7.77. The zero-order chi connectivity index (χ0) is 20.8. The second-order valence-corrected chi connectivity index (χ2v) is 8.62. The molecule has 0 radical (unpaired) electrons. The van der Waals surface area contributed by atoms with Gasteiger partial charge < -0.3 is 15.4 Å². The zero-order valence-corrected chi connectivity index (χ0v) is 18.0. The highest BCUT2D eigenvalue weighted by atomic mass is 35.5. The highest BCUT2D eigenvalue weighted by Crippen LogP contribution is 2.28. The third-order valence-corrected chi connectivity index (χ3v) is 6.17. The smallest absolute Gasteiger partial charge is 0.143 e. The van der Waals surface area contributed by atoms with E-state index in [-0.39, 0.29) is 11.7 Å². The molecule has 2 atom stereocenters. The van der Waals surface area contributed by atoms with Crippen molar-refractivity contribution in [2.75, 3.05) is 38.2 Å². The van der Waals surface area contributed by atoms with Gasteiger partial charge in [0.1, 0.15) is 11.6 Å². The molecule has 0 aliphatic carbocycles. The largest absolute Gasteiger partial charge is 0.381 e. The number of rotatable bonds is 7. The molecular formula is C23H29ClN4O2. The fourth-order valence-corrected chi connectivity index (χ4v) is 4.33. The minimum Gasteiger partial charge on any atom is -0.381 e. The second-order valence-electron chi connectivity index (χ2n) is 8.21. The number of carbonyl (C=O) groups excluding carboxylic acids is 1. The average molecular weight is 429 g/mol. The topological polar surface area (TPSA) is 76.1 Å². The van der Waals surface area contributed by atoms with E-state index in [2.05, 4.69) is 15.6 Å². The number of hydrogen-bond donors (Lipinski definition) is 2. The van der Waals surface area contributed by atoms with Gasteiger partial charge in [-0.1, -0.05) is 17.7 Å². The van der Waals surface area contributed by atoms with E-state index in [4.69, 9.17) is 21.3 Å². The molecule has 2 aliphatic heterocycles. The van der Waals surface area contributed by atoms with Crippen LogP contribution in [-0.2, 0) is 16.0 Å². The first-order valence-electron chi connectivity index (χ1n) is 10.9. The monoisotopic (exact) mass is 428 g/mol. The summed E-state index contributed by atoms with van der Waals surface area (Å²) >= 11 is 6.43. The fraction of sp³-hybridized carbons (Fsp3) is 0.522. The molecule has 2 aromatic rings. The van der Waals surface area contributed by atoms with Crippen molar-refractivity contribution in [3.8, 4) is 11.3 Å². The maximum Gasteiger partial charge on any atom is 0.143 e. The Labute approximate surface area is 182 Å². The molecule has 160 valence electrons. The first-order chi connectivity index (χ1) is 14.7. The molecule has 0 aromatic carbocycles. The van der Waals surface area contributed by atoms with Crippen LogP contribution in [0.15, 0.2) is 30.5 Å². The van der Waals surface area contributed by atoms with E-state index in [1.54, 1.807) is 6.20 Å². The Balaban J connectivity index is 1.45. The number of ketones is 1. The van der Waals surface area contributed by atoms with E-state index in [9.17, 15) is 4.79 Å². The minimum absolute atomic E-state index is 0.0779. The quantitative estimate of drug-likeness (QED) is 0.699. The normalized spacial score (nSPS) is 21.9. The standard InChI is InChI=1S/C23H29ClN4O2/c24-20-14-26-18(11-22(29)17-5-2-8-25-13-17)10-19(20)21-6-1-7-23(28-21)27-12-16-4-3-9-30-15-16/h1,6-7,10,14,16-17,25H,2-5,8-9,11-13,15H2,(H,27,28)/t16?,17-/m0/s1. The lowest BCUT2D eigenvalue weighted by atomic mass is 9.92. The number of piperidine rings is 1. The molecule has 0 amide bonds. The molecule has 30 heavy (non-hydrogen) atoms. The van der Waals surface area contributed by atoms with Crippen molar-refractivity contribution < 1.29 is 9.53 Å². The number of hydrogen-bond acceptors (Lipinski definition) is 6. The number of nitrogens with one attached hydrogen (secondary N) is 2. The van der Waals surface area contributed by atoms with E-state index < -0.39 is 0 Å². The van der Waals surface area contributed by atoms with E-state index in [1.807, 2.05) is 24.3 Å². The summed E-state index contributed by atoms with van der Waals surface area (Å²) < 4.78 is 5.55. The van der Waals surface area contributed by atoms with Crippen molar-refractivity contribution in [2.45, 2.75) is 32.1 Å². The molecule has 6 nitrogen and oxygen atoms in total. The molecular weight excluding hydrogens is 400 g/mol. The third-order valence-electron chi connectivity index (χ3n) is 5.87. The Bertz CT molecular complexity index is 864. The molecule has 4 rings (SSSR count). The van der Waals surface area contributed by atoms with Crippen molar-refractivity contribution >= 4 is 23.2 Å². The minimum atomic E-state index is 0.0779. The summed E-state index contributed by atoms with van der Waals surface area (Å²) in [4.78, 5) is 21.8. The van der Waals surface area contributed by atoms with Crippen LogP contribution in [0.2, 0.25) is 5.02 Å². The molecule has 2 saturated heterocycles. The van der Waals surface area contributed by atoms with Gasteiger partial charge in [0.2, 0.25) is 0 Å². The van der Waals surface area contributed by atoms with Gasteiger partial charge in [-0.2, -0.15) is 0 Å². The predicted molar refractivity (Wildman–Crippen MR) is 119 cm³/mol. The van der Waals surface area contributed by atoms with Crippen LogP contribution in [0, 0.1) is 11.8 Å². The molecule has 0 bridgehead atoms. The van der Waals surface area contributed by atoms with Gasteiger partial charge in [0.25, 0.3) is 0 Å². The molecule has 1 unspecified atom stereocenters. The van der Waals surface area contributed by atoms with Gasteiger partial charge in [-0.15, -0.1) is 0 Å². The molecule has 0 saturated carbocycles. The van der Waals surface area contributed by atoms with Crippen LogP contribution in [0.1, 0.15) is 31.4 Å². The second kappa shape index (κ2) is 10.3. The molecule has 2 fully saturated rings. The van der Waals surface area contributed by atoms with Crippen LogP contribution in [0.25, 0.3) is 11.3 Å². The third kappa shape index (κ3) is 5.56.